The molecule has 0 saturated heterocycles. The van der Waals surface area contributed by atoms with Gasteiger partial charge in [0.05, 0.1) is 12.5 Å². The number of anilines is 3. The van der Waals surface area contributed by atoms with Crippen molar-refractivity contribution in [2.24, 2.45) is 0 Å². The lowest BCUT2D eigenvalue weighted by Gasteiger charge is -2.12. The first-order chi connectivity index (χ1) is 9.10. The van der Waals surface area contributed by atoms with Crippen molar-refractivity contribution >= 4 is 28.7 Å². The standard InChI is InChI=1S/C15H14ClN3/c1-10-2-3-12(16)9-15(10)19-13-4-5-14(18)11(8-13)6-7-17/h2-5,8-9,19H,6,18H2,1H3. The van der Waals surface area contributed by atoms with E-state index in [1.165, 1.54) is 0 Å². The second-order valence-electron chi connectivity index (χ2n) is 4.33. The quantitative estimate of drug-likeness (QED) is 0.828. The molecule has 0 aliphatic heterocycles. The van der Waals surface area contributed by atoms with Crippen molar-refractivity contribution in [2.75, 3.05) is 11.1 Å². The molecular formula is C15H14ClN3. The largest absolute Gasteiger partial charge is 0.398 e. The molecule has 0 spiro atoms. The van der Waals surface area contributed by atoms with Gasteiger partial charge in [0.2, 0.25) is 0 Å². The smallest absolute Gasteiger partial charge is 0.0670 e. The van der Waals surface area contributed by atoms with Crippen LogP contribution in [0.4, 0.5) is 17.1 Å². The van der Waals surface area contributed by atoms with Gasteiger partial charge >= 0.3 is 0 Å². The first-order valence-corrected chi connectivity index (χ1v) is 6.26. The normalized spacial score (nSPS) is 9.95. The molecule has 2 aromatic carbocycles. The molecule has 4 heteroatoms. The number of nitriles is 1. The minimum Gasteiger partial charge on any atom is -0.398 e. The van der Waals surface area contributed by atoms with Crippen molar-refractivity contribution in [3.05, 3.63) is 52.5 Å². The molecule has 0 radical (unpaired) electrons. The molecule has 2 aromatic rings. The highest BCUT2D eigenvalue weighted by Crippen LogP contribution is 2.26. The maximum Gasteiger partial charge on any atom is 0.0670 e. The number of nitrogens with one attached hydrogen (secondary N) is 1. The average Bonchev–Trinajstić information content (AvgIpc) is 2.38. The molecule has 0 unspecified atom stereocenters. The first-order valence-electron chi connectivity index (χ1n) is 5.88. The number of hydrogen-bond acceptors (Lipinski definition) is 3. The lowest BCUT2D eigenvalue weighted by Crippen LogP contribution is -1.97. The zero-order valence-electron chi connectivity index (χ0n) is 10.6. The van der Waals surface area contributed by atoms with Crippen LogP contribution in [-0.2, 0) is 6.42 Å². The van der Waals surface area contributed by atoms with Gasteiger partial charge in [-0.25, -0.2) is 0 Å². The van der Waals surface area contributed by atoms with Crippen molar-refractivity contribution in [1.82, 2.24) is 0 Å². The molecule has 0 aliphatic rings. The fraction of sp³-hybridized carbons (Fsp3) is 0.133. The average molecular weight is 272 g/mol. The van der Waals surface area contributed by atoms with Crippen LogP contribution in [0.1, 0.15) is 11.1 Å². The Morgan fingerprint density at radius 3 is 2.79 bits per heavy atom. The zero-order chi connectivity index (χ0) is 13.8. The SMILES string of the molecule is Cc1ccc(Cl)cc1Nc1ccc(N)c(CC#N)c1. The third-order valence-electron chi connectivity index (χ3n) is 2.89. The molecule has 0 fully saturated rings. The predicted molar refractivity (Wildman–Crippen MR) is 79.6 cm³/mol. The van der Waals surface area contributed by atoms with E-state index in [9.17, 15) is 0 Å². The molecule has 0 atom stereocenters. The van der Waals surface area contributed by atoms with Crippen LogP contribution >= 0.6 is 11.6 Å². The predicted octanol–water partition coefficient (Wildman–Crippen LogP) is 4.04. The molecule has 19 heavy (non-hydrogen) atoms. The summed E-state index contributed by atoms with van der Waals surface area (Å²) in [7, 11) is 0. The third-order valence-corrected chi connectivity index (χ3v) is 3.13. The molecule has 96 valence electrons. The fourth-order valence-corrected chi connectivity index (χ4v) is 1.98. The summed E-state index contributed by atoms with van der Waals surface area (Å²) in [5.41, 5.74) is 10.2. The summed E-state index contributed by atoms with van der Waals surface area (Å²) in [5, 5.41) is 12.7. The number of rotatable bonds is 3. The molecule has 0 saturated carbocycles. The summed E-state index contributed by atoms with van der Waals surface area (Å²) in [6.45, 7) is 2.01. The molecule has 0 aromatic heterocycles. The molecule has 0 amide bonds. The number of benzene rings is 2. The van der Waals surface area contributed by atoms with Gasteiger partial charge in [0.25, 0.3) is 0 Å². The van der Waals surface area contributed by atoms with Crippen molar-refractivity contribution in [3.8, 4) is 6.07 Å². The number of nitrogens with two attached hydrogens (primary N) is 1. The lowest BCUT2D eigenvalue weighted by atomic mass is 10.1. The molecular weight excluding hydrogens is 258 g/mol. The minimum absolute atomic E-state index is 0.301. The van der Waals surface area contributed by atoms with Gasteiger partial charge in [0.15, 0.2) is 0 Å². The molecule has 3 N–H and O–H groups in total. The molecule has 2 rings (SSSR count). The molecule has 0 aliphatic carbocycles. The van der Waals surface area contributed by atoms with Crippen LogP contribution in [0.2, 0.25) is 5.02 Å². The minimum atomic E-state index is 0.301. The van der Waals surface area contributed by atoms with Gasteiger partial charge in [-0.05, 0) is 48.4 Å². The Labute approximate surface area is 117 Å². The summed E-state index contributed by atoms with van der Waals surface area (Å²) in [5.74, 6) is 0. The second-order valence-corrected chi connectivity index (χ2v) is 4.77. The van der Waals surface area contributed by atoms with E-state index in [1.807, 2.05) is 37.3 Å². The van der Waals surface area contributed by atoms with Crippen LogP contribution in [0.5, 0.6) is 0 Å². The highest BCUT2D eigenvalue weighted by Gasteiger charge is 2.03. The van der Waals surface area contributed by atoms with Gasteiger partial charge in [-0.3, -0.25) is 0 Å². The monoisotopic (exact) mass is 271 g/mol. The fourth-order valence-electron chi connectivity index (χ4n) is 1.81. The number of nitrogen functional groups attached to an aromatic ring is 1. The van der Waals surface area contributed by atoms with Crippen LogP contribution in [-0.4, -0.2) is 0 Å². The van der Waals surface area contributed by atoms with Crippen molar-refractivity contribution < 1.29 is 0 Å². The number of nitrogens with zero attached hydrogens (tertiary/aromatic N) is 1. The Bertz CT molecular complexity index is 644. The van der Waals surface area contributed by atoms with E-state index in [1.54, 1.807) is 6.07 Å². The van der Waals surface area contributed by atoms with Crippen molar-refractivity contribution in [1.29, 1.82) is 5.26 Å². The van der Waals surface area contributed by atoms with Gasteiger partial charge in [0.1, 0.15) is 0 Å². The maximum atomic E-state index is 8.76. The Kier molecular flexibility index (Phi) is 3.94. The summed E-state index contributed by atoms with van der Waals surface area (Å²) >= 11 is 5.99. The number of aryl methyl sites for hydroxylation is 1. The van der Waals surface area contributed by atoms with Gasteiger partial charge in [0, 0.05) is 22.1 Å². The Hall–Kier alpha value is -2.18. The molecule has 3 nitrogen and oxygen atoms in total. The third kappa shape index (κ3) is 3.18. The van der Waals surface area contributed by atoms with Crippen LogP contribution < -0.4 is 11.1 Å². The number of hydrogen-bond donors (Lipinski definition) is 2. The second kappa shape index (κ2) is 5.64. The van der Waals surface area contributed by atoms with Gasteiger partial charge in [-0.2, -0.15) is 5.26 Å². The topological polar surface area (TPSA) is 61.8 Å². The van der Waals surface area contributed by atoms with Crippen LogP contribution in [0.3, 0.4) is 0 Å². The summed E-state index contributed by atoms with van der Waals surface area (Å²) in [4.78, 5) is 0. The van der Waals surface area contributed by atoms with Crippen LogP contribution in [0.15, 0.2) is 36.4 Å². The molecule has 0 bridgehead atoms. The highest BCUT2D eigenvalue weighted by molar-refractivity contribution is 6.30. The Morgan fingerprint density at radius 2 is 2.05 bits per heavy atom. The maximum absolute atomic E-state index is 8.76. The Morgan fingerprint density at radius 1 is 1.26 bits per heavy atom. The zero-order valence-corrected chi connectivity index (χ0v) is 11.3. The first kappa shape index (κ1) is 13.3. The van der Waals surface area contributed by atoms with Crippen molar-refractivity contribution in [2.45, 2.75) is 13.3 Å². The summed E-state index contributed by atoms with van der Waals surface area (Å²) < 4.78 is 0. The van der Waals surface area contributed by atoms with E-state index < -0.39 is 0 Å². The molecule has 0 heterocycles. The van der Waals surface area contributed by atoms with E-state index in [0.29, 0.717) is 17.1 Å². The van der Waals surface area contributed by atoms with E-state index in [0.717, 1.165) is 22.5 Å². The Balaban J connectivity index is 2.31. The number of halogens is 1. The van der Waals surface area contributed by atoms with E-state index in [-0.39, 0.29) is 0 Å². The van der Waals surface area contributed by atoms with E-state index in [2.05, 4.69) is 11.4 Å². The van der Waals surface area contributed by atoms with Gasteiger partial charge in [-0.15, -0.1) is 0 Å². The highest BCUT2D eigenvalue weighted by atomic mass is 35.5. The van der Waals surface area contributed by atoms with E-state index >= 15 is 0 Å². The lowest BCUT2D eigenvalue weighted by molar-refractivity contribution is 1.26. The van der Waals surface area contributed by atoms with Crippen LogP contribution in [0.25, 0.3) is 0 Å². The van der Waals surface area contributed by atoms with Gasteiger partial charge < -0.3 is 11.1 Å². The van der Waals surface area contributed by atoms with Crippen LogP contribution in [0, 0.1) is 18.3 Å². The van der Waals surface area contributed by atoms with E-state index in [4.69, 9.17) is 22.6 Å². The van der Waals surface area contributed by atoms with Crippen molar-refractivity contribution in [3.63, 3.8) is 0 Å². The summed E-state index contributed by atoms with van der Waals surface area (Å²) in [6.07, 6.45) is 0.301. The van der Waals surface area contributed by atoms with Gasteiger partial charge in [-0.1, -0.05) is 17.7 Å². The summed E-state index contributed by atoms with van der Waals surface area (Å²) in [6, 6.07) is 13.4.